The molecule has 0 aliphatic heterocycles. The maximum atomic E-state index is 11.6. The van der Waals surface area contributed by atoms with Crippen molar-refractivity contribution in [3.05, 3.63) is 59.7 Å². The normalized spacial score (nSPS) is 8.33. The van der Waals surface area contributed by atoms with Crippen LogP contribution in [0.1, 0.15) is 25.0 Å². The van der Waals surface area contributed by atoms with Gasteiger partial charge in [-0.25, -0.2) is 0 Å². The SMILES string of the molecule is CC.COc1ccc(C#CC(=O)C#Cc2ccc(OC)cc2)cc1. The first kappa shape index (κ1) is 18.9. The van der Waals surface area contributed by atoms with E-state index >= 15 is 0 Å². The summed E-state index contributed by atoms with van der Waals surface area (Å²) in [6, 6.07) is 14.3. The Balaban J connectivity index is 0.00000139. The molecule has 2 aromatic carbocycles. The number of ether oxygens (including phenoxy) is 2. The van der Waals surface area contributed by atoms with E-state index in [1.54, 1.807) is 62.8 Å². The van der Waals surface area contributed by atoms with Crippen LogP contribution in [-0.4, -0.2) is 20.0 Å². The van der Waals surface area contributed by atoms with Gasteiger partial charge in [-0.3, -0.25) is 4.79 Å². The van der Waals surface area contributed by atoms with Gasteiger partial charge >= 0.3 is 0 Å². The zero-order valence-electron chi connectivity index (χ0n) is 14.3. The van der Waals surface area contributed by atoms with Gasteiger partial charge in [0, 0.05) is 11.1 Å². The van der Waals surface area contributed by atoms with Crippen molar-refractivity contribution in [3.8, 4) is 35.2 Å². The van der Waals surface area contributed by atoms with Crippen LogP contribution in [0.2, 0.25) is 0 Å². The summed E-state index contributed by atoms with van der Waals surface area (Å²) >= 11 is 0. The molecule has 0 atom stereocenters. The molecule has 0 amide bonds. The van der Waals surface area contributed by atoms with E-state index in [1.807, 2.05) is 13.8 Å². The molecule has 0 fully saturated rings. The van der Waals surface area contributed by atoms with Gasteiger partial charge in [0.25, 0.3) is 5.78 Å². The van der Waals surface area contributed by atoms with Gasteiger partial charge in [0.05, 0.1) is 14.2 Å². The fourth-order valence-electron chi connectivity index (χ4n) is 1.64. The number of Topliss-reactive ketones (excluding diaryl/α,β-unsaturated/α-hetero) is 1. The van der Waals surface area contributed by atoms with Crippen molar-refractivity contribution < 1.29 is 14.3 Å². The summed E-state index contributed by atoms with van der Waals surface area (Å²) < 4.78 is 10.1. The lowest BCUT2D eigenvalue weighted by atomic mass is 10.2. The van der Waals surface area contributed by atoms with Crippen molar-refractivity contribution >= 4 is 5.78 Å². The molecule has 0 spiro atoms. The monoisotopic (exact) mass is 320 g/mol. The van der Waals surface area contributed by atoms with Crippen molar-refractivity contribution in [1.82, 2.24) is 0 Å². The van der Waals surface area contributed by atoms with Crippen LogP contribution < -0.4 is 9.47 Å². The molecule has 3 nitrogen and oxygen atoms in total. The lowest BCUT2D eigenvalue weighted by molar-refractivity contribution is -0.108. The largest absolute Gasteiger partial charge is 0.497 e. The highest BCUT2D eigenvalue weighted by atomic mass is 16.5. The van der Waals surface area contributed by atoms with Crippen molar-refractivity contribution in [2.75, 3.05) is 14.2 Å². The van der Waals surface area contributed by atoms with Crippen LogP contribution in [0, 0.1) is 23.7 Å². The molecule has 0 unspecified atom stereocenters. The van der Waals surface area contributed by atoms with Gasteiger partial charge in [0.15, 0.2) is 0 Å². The third kappa shape index (κ3) is 6.30. The lowest BCUT2D eigenvalue weighted by Crippen LogP contribution is -1.88. The quantitative estimate of drug-likeness (QED) is 0.792. The summed E-state index contributed by atoms with van der Waals surface area (Å²) in [5.74, 6) is 11.6. The van der Waals surface area contributed by atoms with Gasteiger partial charge in [-0.2, -0.15) is 0 Å². The number of carbonyl (C=O) groups excluding carboxylic acids is 1. The molecule has 2 rings (SSSR count). The van der Waals surface area contributed by atoms with E-state index < -0.39 is 5.78 Å². The van der Waals surface area contributed by atoms with Gasteiger partial charge in [-0.05, 0) is 60.4 Å². The first-order valence-electron chi connectivity index (χ1n) is 7.57. The van der Waals surface area contributed by atoms with Crippen molar-refractivity contribution in [2.45, 2.75) is 13.8 Å². The van der Waals surface area contributed by atoms with E-state index in [1.165, 1.54) is 0 Å². The predicted octanol–water partition coefficient (Wildman–Crippen LogP) is 3.70. The summed E-state index contributed by atoms with van der Waals surface area (Å²) in [5.41, 5.74) is 1.47. The maximum Gasteiger partial charge on any atom is 0.279 e. The van der Waals surface area contributed by atoms with E-state index in [9.17, 15) is 4.79 Å². The van der Waals surface area contributed by atoms with Crippen molar-refractivity contribution in [2.24, 2.45) is 0 Å². The van der Waals surface area contributed by atoms with Gasteiger partial charge in [-0.15, -0.1) is 0 Å². The number of ketones is 1. The highest BCUT2D eigenvalue weighted by Gasteiger charge is 1.93. The summed E-state index contributed by atoms with van der Waals surface area (Å²) in [5, 5.41) is 0. The fraction of sp³-hybridized carbons (Fsp3) is 0.190. The van der Waals surface area contributed by atoms with Crippen LogP contribution in [0.4, 0.5) is 0 Å². The molecule has 24 heavy (non-hydrogen) atoms. The molecular formula is C21H20O3. The zero-order valence-corrected chi connectivity index (χ0v) is 14.3. The van der Waals surface area contributed by atoms with Crippen LogP contribution >= 0.6 is 0 Å². The maximum absolute atomic E-state index is 11.6. The molecule has 0 radical (unpaired) electrons. The van der Waals surface area contributed by atoms with Gasteiger partial charge in [0.1, 0.15) is 11.5 Å². The van der Waals surface area contributed by atoms with Crippen molar-refractivity contribution in [1.29, 1.82) is 0 Å². The Bertz CT molecular complexity index is 697. The third-order valence-electron chi connectivity index (χ3n) is 2.82. The molecule has 0 aliphatic rings. The summed E-state index contributed by atoms with van der Waals surface area (Å²) in [7, 11) is 3.19. The van der Waals surface area contributed by atoms with Gasteiger partial charge < -0.3 is 9.47 Å². The Hall–Kier alpha value is -3.17. The molecule has 0 bridgehead atoms. The number of hydrogen-bond acceptors (Lipinski definition) is 3. The minimum atomic E-state index is -0.424. The van der Waals surface area contributed by atoms with Gasteiger partial charge in [-0.1, -0.05) is 25.7 Å². The standard InChI is InChI=1S/C19H14O3.C2H6/c1-21-18-11-5-15(6-12-18)3-9-17(20)10-4-16-7-13-19(22-2)14-8-16;1-2/h5-8,11-14H,1-2H3;1-2H3. The average Bonchev–Trinajstić information content (AvgIpc) is 2.67. The van der Waals surface area contributed by atoms with Crippen molar-refractivity contribution in [3.63, 3.8) is 0 Å². The van der Waals surface area contributed by atoms with E-state index in [2.05, 4.69) is 23.7 Å². The molecule has 122 valence electrons. The zero-order chi connectivity index (χ0) is 17.8. The summed E-state index contributed by atoms with van der Waals surface area (Å²) in [6.07, 6.45) is 0. The van der Waals surface area contributed by atoms with Crippen LogP contribution in [-0.2, 0) is 4.79 Å². The van der Waals surface area contributed by atoms with Crippen LogP contribution in [0.15, 0.2) is 48.5 Å². The van der Waals surface area contributed by atoms with E-state index in [-0.39, 0.29) is 0 Å². The number of hydrogen-bond donors (Lipinski definition) is 0. The first-order chi connectivity index (χ1) is 11.7. The minimum absolute atomic E-state index is 0.424. The Labute approximate surface area is 143 Å². The molecule has 0 aliphatic carbocycles. The molecule has 3 heteroatoms. The van der Waals surface area contributed by atoms with Crippen LogP contribution in [0.5, 0.6) is 11.5 Å². The second kappa shape index (κ2) is 10.5. The molecule has 0 saturated carbocycles. The average molecular weight is 320 g/mol. The van der Waals surface area contributed by atoms with E-state index in [4.69, 9.17) is 9.47 Å². The second-order valence-corrected chi connectivity index (χ2v) is 4.29. The molecule has 0 heterocycles. The summed E-state index contributed by atoms with van der Waals surface area (Å²) in [6.45, 7) is 4.00. The molecular weight excluding hydrogens is 300 g/mol. The third-order valence-corrected chi connectivity index (χ3v) is 2.82. The Morgan fingerprint density at radius 3 is 1.33 bits per heavy atom. The minimum Gasteiger partial charge on any atom is -0.497 e. The Kier molecular flexibility index (Phi) is 8.29. The predicted molar refractivity (Wildman–Crippen MR) is 96.1 cm³/mol. The second-order valence-electron chi connectivity index (χ2n) is 4.29. The highest BCUT2D eigenvalue weighted by Crippen LogP contribution is 2.11. The number of carbonyl (C=O) groups is 1. The Morgan fingerprint density at radius 2 is 1.04 bits per heavy atom. The summed E-state index contributed by atoms with van der Waals surface area (Å²) in [4.78, 5) is 11.6. The molecule has 0 aromatic heterocycles. The molecule has 2 aromatic rings. The lowest BCUT2D eigenvalue weighted by Gasteiger charge is -1.97. The molecule has 0 saturated heterocycles. The van der Waals surface area contributed by atoms with Crippen LogP contribution in [0.25, 0.3) is 0 Å². The smallest absolute Gasteiger partial charge is 0.279 e. The highest BCUT2D eigenvalue weighted by molar-refractivity contribution is 6.09. The first-order valence-corrected chi connectivity index (χ1v) is 7.57. The number of benzene rings is 2. The number of rotatable bonds is 2. The fourth-order valence-corrected chi connectivity index (χ4v) is 1.64. The topological polar surface area (TPSA) is 35.5 Å². The van der Waals surface area contributed by atoms with Gasteiger partial charge in [0.2, 0.25) is 0 Å². The number of methoxy groups -OCH3 is 2. The van der Waals surface area contributed by atoms with Crippen LogP contribution in [0.3, 0.4) is 0 Å². The van der Waals surface area contributed by atoms with E-state index in [0.29, 0.717) is 0 Å². The molecule has 0 N–H and O–H groups in total. The van der Waals surface area contributed by atoms with E-state index in [0.717, 1.165) is 22.6 Å². The Morgan fingerprint density at radius 1 is 0.708 bits per heavy atom.